The summed E-state index contributed by atoms with van der Waals surface area (Å²) in [6, 6.07) is 14.8. The van der Waals surface area contributed by atoms with Crippen molar-refractivity contribution in [1.29, 1.82) is 0 Å². The highest BCUT2D eigenvalue weighted by Crippen LogP contribution is 2.36. The number of amides is 2. The minimum absolute atomic E-state index is 0.0578. The minimum atomic E-state index is -1.25. The summed E-state index contributed by atoms with van der Waals surface area (Å²) in [4.78, 5) is 35.6. The van der Waals surface area contributed by atoms with Gasteiger partial charge in [-0.2, -0.15) is 0 Å². The van der Waals surface area contributed by atoms with Gasteiger partial charge in [-0.1, -0.05) is 62.6 Å². The summed E-state index contributed by atoms with van der Waals surface area (Å²) < 4.78 is 23.5. The van der Waals surface area contributed by atoms with E-state index in [1.807, 2.05) is 29.0 Å². The van der Waals surface area contributed by atoms with E-state index in [0.717, 1.165) is 22.6 Å². The number of ether oxygens (including phenoxy) is 1. The molecule has 0 saturated heterocycles. The van der Waals surface area contributed by atoms with Crippen LogP contribution in [0.15, 0.2) is 79.8 Å². The molecule has 0 bridgehead atoms. The lowest BCUT2D eigenvalue weighted by atomic mass is 9.96. The van der Waals surface area contributed by atoms with E-state index in [2.05, 4.69) is 41.5 Å². The summed E-state index contributed by atoms with van der Waals surface area (Å²) in [5.74, 6) is -0.800. The Balaban J connectivity index is 1.46. The van der Waals surface area contributed by atoms with Crippen molar-refractivity contribution >= 4 is 36.5 Å². The Morgan fingerprint density at radius 1 is 1.14 bits per heavy atom. The second-order valence-electron chi connectivity index (χ2n) is 12.1. The molecular formula is C34H38FN5O3Si. The highest BCUT2D eigenvalue weighted by atomic mass is 28.3. The molecule has 2 aromatic heterocycles. The number of benzene rings is 2. The molecule has 0 spiro atoms. The van der Waals surface area contributed by atoms with Gasteiger partial charge in [-0.15, -0.1) is 0 Å². The van der Waals surface area contributed by atoms with Crippen LogP contribution in [0.2, 0.25) is 25.7 Å². The molecule has 3 heterocycles. The van der Waals surface area contributed by atoms with Crippen LogP contribution in [0, 0.1) is 5.82 Å². The number of nitrogens with one attached hydrogen (secondary N) is 1. The van der Waals surface area contributed by atoms with Crippen molar-refractivity contribution in [2.45, 2.75) is 45.4 Å². The van der Waals surface area contributed by atoms with E-state index in [1.165, 1.54) is 18.5 Å². The fourth-order valence-electron chi connectivity index (χ4n) is 5.17. The summed E-state index contributed by atoms with van der Waals surface area (Å²) in [5.41, 5.74) is 4.81. The zero-order valence-corrected chi connectivity index (χ0v) is 26.5. The Hall–Kier alpha value is -4.41. The topological polar surface area (TPSA) is 89.3 Å². The van der Waals surface area contributed by atoms with Gasteiger partial charge < -0.3 is 19.5 Å². The molecule has 4 aromatic rings. The van der Waals surface area contributed by atoms with E-state index in [0.29, 0.717) is 60.9 Å². The molecular weight excluding hydrogens is 573 g/mol. The van der Waals surface area contributed by atoms with E-state index in [1.54, 1.807) is 35.2 Å². The van der Waals surface area contributed by atoms with E-state index in [9.17, 15) is 9.59 Å². The summed E-state index contributed by atoms with van der Waals surface area (Å²) in [7, 11) is -1.25. The lowest BCUT2D eigenvalue weighted by molar-refractivity contribution is -0.125. The van der Waals surface area contributed by atoms with E-state index in [-0.39, 0.29) is 18.4 Å². The van der Waals surface area contributed by atoms with E-state index >= 15 is 4.39 Å². The van der Waals surface area contributed by atoms with Crippen LogP contribution in [0.5, 0.6) is 0 Å². The normalized spacial score (nSPS) is 13.5. The smallest absolute Gasteiger partial charge is 0.251 e. The van der Waals surface area contributed by atoms with Gasteiger partial charge in [0.05, 0.1) is 11.1 Å². The molecule has 10 heteroatoms. The van der Waals surface area contributed by atoms with Crippen molar-refractivity contribution in [1.82, 2.24) is 24.8 Å². The highest BCUT2D eigenvalue weighted by molar-refractivity contribution is 6.76. The van der Waals surface area contributed by atoms with Crippen LogP contribution < -0.4 is 5.32 Å². The molecule has 0 fully saturated rings. The third kappa shape index (κ3) is 7.20. The maximum Gasteiger partial charge on any atom is 0.251 e. The van der Waals surface area contributed by atoms with Crippen molar-refractivity contribution in [3.63, 3.8) is 0 Å². The standard InChI is InChI=1S/C34H38FN5O3Si/c1-5-30(41)39-15-13-24(14-16-39)28-21-40(23-43-17-18-44(2,3)4)33-31(28)32(37-22-38-33)26-11-12-27(29(35)19-26)20-36-34(42)25-9-7-6-8-10-25/h5-13,19,21-22H,1,14-18,20,23H2,2-4H3,(H,36,42). The lowest BCUT2D eigenvalue weighted by Gasteiger charge is -2.25. The van der Waals surface area contributed by atoms with Crippen LogP contribution in [0.3, 0.4) is 0 Å². The molecule has 0 atom stereocenters. The molecule has 1 N–H and O–H groups in total. The number of carbonyl (C=O) groups excluding carboxylic acids is 2. The highest BCUT2D eigenvalue weighted by Gasteiger charge is 2.23. The van der Waals surface area contributed by atoms with E-state index < -0.39 is 13.9 Å². The monoisotopic (exact) mass is 611 g/mol. The molecule has 44 heavy (non-hydrogen) atoms. The summed E-state index contributed by atoms with van der Waals surface area (Å²) in [5, 5.41) is 3.59. The van der Waals surface area contributed by atoms with Crippen molar-refractivity contribution in [2.24, 2.45) is 0 Å². The number of rotatable bonds is 11. The number of fused-ring (bicyclic) bond motifs is 1. The Kier molecular flexibility index (Phi) is 9.51. The molecule has 0 saturated carbocycles. The van der Waals surface area contributed by atoms with E-state index in [4.69, 9.17) is 4.74 Å². The van der Waals surface area contributed by atoms with Crippen molar-refractivity contribution in [3.8, 4) is 11.3 Å². The van der Waals surface area contributed by atoms with Crippen LogP contribution in [-0.2, 0) is 22.8 Å². The first-order valence-electron chi connectivity index (χ1n) is 14.8. The summed E-state index contributed by atoms with van der Waals surface area (Å²) in [6.07, 6.45) is 7.55. The number of hydrogen-bond acceptors (Lipinski definition) is 5. The lowest BCUT2D eigenvalue weighted by Crippen LogP contribution is -2.33. The van der Waals surface area contributed by atoms with Crippen LogP contribution in [0.1, 0.15) is 27.9 Å². The Morgan fingerprint density at radius 3 is 2.61 bits per heavy atom. The van der Waals surface area contributed by atoms with Gasteiger partial charge in [0.1, 0.15) is 24.5 Å². The van der Waals surface area contributed by atoms with Crippen molar-refractivity contribution < 1.29 is 18.7 Å². The molecule has 5 rings (SSSR count). The molecule has 1 aliphatic rings. The van der Waals surface area contributed by atoms with Gasteiger partial charge >= 0.3 is 0 Å². The molecule has 1 aliphatic heterocycles. The average molecular weight is 612 g/mol. The number of carbonyl (C=O) groups is 2. The zero-order valence-electron chi connectivity index (χ0n) is 25.5. The third-order valence-electron chi connectivity index (χ3n) is 7.72. The van der Waals surface area contributed by atoms with Crippen LogP contribution >= 0.6 is 0 Å². The Morgan fingerprint density at radius 2 is 1.93 bits per heavy atom. The number of aromatic nitrogens is 3. The SMILES string of the molecule is C=CC(=O)N1CC=C(c2cn(COCC[Si](C)(C)C)c3ncnc(-c4ccc(CNC(=O)c5ccccc5)c(F)c4)c23)CC1. The van der Waals surface area contributed by atoms with Gasteiger partial charge in [-0.05, 0) is 42.3 Å². The second-order valence-corrected chi connectivity index (χ2v) is 17.7. The van der Waals surface area contributed by atoms with Gasteiger partial charge in [0.15, 0.2) is 0 Å². The first kappa shape index (κ1) is 31.0. The third-order valence-corrected chi connectivity index (χ3v) is 9.43. The number of hydrogen-bond donors (Lipinski definition) is 1. The summed E-state index contributed by atoms with van der Waals surface area (Å²) >= 11 is 0. The molecule has 8 nitrogen and oxygen atoms in total. The number of nitrogens with zero attached hydrogens (tertiary/aromatic N) is 4. The fourth-order valence-corrected chi connectivity index (χ4v) is 5.93. The van der Waals surface area contributed by atoms with Crippen molar-refractivity contribution in [3.05, 3.63) is 102 Å². The van der Waals surface area contributed by atoms with Crippen molar-refractivity contribution in [2.75, 3.05) is 19.7 Å². The molecule has 2 aromatic carbocycles. The largest absolute Gasteiger partial charge is 0.361 e. The predicted octanol–water partition coefficient (Wildman–Crippen LogP) is 6.28. The maximum atomic E-state index is 15.4. The van der Waals surface area contributed by atoms with Gasteiger partial charge in [0.25, 0.3) is 5.91 Å². The van der Waals surface area contributed by atoms with Gasteiger partial charge in [0.2, 0.25) is 5.91 Å². The predicted molar refractivity (Wildman–Crippen MR) is 174 cm³/mol. The number of halogens is 1. The Labute approximate surface area is 258 Å². The van der Waals surface area contributed by atoms with Crippen LogP contribution in [0.4, 0.5) is 4.39 Å². The quantitative estimate of drug-likeness (QED) is 0.123. The minimum Gasteiger partial charge on any atom is -0.361 e. The van der Waals surface area contributed by atoms with Crippen LogP contribution in [0.25, 0.3) is 27.9 Å². The zero-order chi connectivity index (χ0) is 31.3. The molecule has 0 unspecified atom stereocenters. The molecule has 228 valence electrons. The molecule has 0 radical (unpaired) electrons. The molecule has 2 amide bonds. The second kappa shape index (κ2) is 13.5. The van der Waals surface area contributed by atoms with Gasteiger partial charge in [0, 0.05) is 62.8 Å². The molecule has 0 aliphatic carbocycles. The first-order chi connectivity index (χ1) is 21.1. The van der Waals surface area contributed by atoms with Crippen LogP contribution in [-0.4, -0.2) is 59.0 Å². The van der Waals surface area contributed by atoms with Gasteiger partial charge in [-0.25, -0.2) is 14.4 Å². The Bertz CT molecular complexity index is 1710. The summed E-state index contributed by atoms with van der Waals surface area (Å²) in [6.45, 7) is 12.6. The average Bonchev–Trinajstić information content (AvgIpc) is 3.40. The fraction of sp³-hybridized carbons (Fsp3) is 0.294. The van der Waals surface area contributed by atoms with Gasteiger partial charge in [-0.3, -0.25) is 9.59 Å². The first-order valence-corrected chi connectivity index (χ1v) is 18.5. The maximum absolute atomic E-state index is 15.4.